The molecule has 2 amide bonds. The minimum absolute atomic E-state index is 0.00388. The number of carbonyl (C=O) groups excluding carboxylic acids is 2. The van der Waals surface area contributed by atoms with Gasteiger partial charge in [-0.2, -0.15) is 10.2 Å². The Morgan fingerprint density at radius 1 is 1.36 bits per heavy atom. The average molecular weight is 300 g/mol. The Hall–Kier alpha value is -1.98. The maximum Gasteiger partial charge on any atom is 0.255 e. The van der Waals surface area contributed by atoms with Crippen molar-refractivity contribution in [3.05, 3.63) is 24.0 Å². The van der Waals surface area contributed by atoms with E-state index in [-0.39, 0.29) is 23.1 Å². The van der Waals surface area contributed by atoms with Gasteiger partial charge in [-0.05, 0) is 37.7 Å². The molecule has 1 spiro atoms. The Kier molecular flexibility index (Phi) is 3.13. The maximum absolute atomic E-state index is 12.4. The van der Waals surface area contributed by atoms with E-state index in [1.807, 2.05) is 4.90 Å². The van der Waals surface area contributed by atoms with Crippen LogP contribution in [-0.4, -0.2) is 46.5 Å². The molecule has 2 atom stereocenters. The lowest BCUT2D eigenvalue weighted by atomic mass is 10.0. The van der Waals surface area contributed by atoms with Crippen LogP contribution in [0.25, 0.3) is 0 Å². The third-order valence-corrected chi connectivity index (χ3v) is 5.27. The van der Waals surface area contributed by atoms with Crippen LogP contribution in [0.5, 0.6) is 0 Å². The number of nitrogens with one attached hydrogen (secondary N) is 1. The number of amides is 2. The molecule has 1 aromatic rings. The van der Waals surface area contributed by atoms with Gasteiger partial charge in [0.1, 0.15) is 0 Å². The lowest BCUT2D eigenvalue weighted by Gasteiger charge is -2.16. The van der Waals surface area contributed by atoms with Gasteiger partial charge in [-0.15, -0.1) is 0 Å². The van der Waals surface area contributed by atoms with Gasteiger partial charge < -0.3 is 10.2 Å². The van der Waals surface area contributed by atoms with Crippen LogP contribution >= 0.6 is 0 Å². The predicted molar refractivity (Wildman–Crippen MR) is 78.8 cm³/mol. The molecule has 6 nitrogen and oxygen atoms in total. The van der Waals surface area contributed by atoms with Gasteiger partial charge in [0.25, 0.3) is 5.91 Å². The summed E-state index contributed by atoms with van der Waals surface area (Å²) in [5, 5.41) is 10.5. The Labute approximate surface area is 129 Å². The molecule has 0 bridgehead atoms. The summed E-state index contributed by atoms with van der Waals surface area (Å²) < 4.78 is 0. The molecule has 1 saturated heterocycles. The van der Waals surface area contributed by atoms with Crippen molar-refractivity contribution in [3.63, 3.8) is 0 Å². The van der Waals surface area contributed by atoms with Gasteiger partial charge in [0.15, 0.2) is 0 Å². The fraction of sp³-hybridized carbons (Fsp3) is 0.625. The number of nitrogens with zero attached hydrogens (tertiary/aromatic N) is 3. The minimum atomic E-state index is -0.00388. The van der Waals surface area contributed by atoms with E-state index in [1.54, 1.807) is 6.07 Å². The van der Waals surface area contributed by atoms with Gasteiger partial charge in [0, 0.05) is 31.0 Å². The SMILES string of the molecule is O=C(NCC1CC1)C1CC12CCN(C(=O)c1ccnnc1)C2. The molecule has 1 aliphatic heterocycles. The number of likely N-dealkylation sites (tertiary alicyclic amines) is 1. The van der Waals surface area contributed by atoms with E-state index < -0.39 is 0 Å². The Morgan fingerprint density at radius 2 is 2.23 bits per heavy atom. The second-order valence-electron chi connectivity index (χ2n) is 6.92. The standard InChI is InChI=1S/C16H20N4O2/c21-14(17-8-11-1-2-11)13-7-16(13)4-6-20(10-16)15(22)12-3-5-18-19-9-12/h3,5,9,11,13H,1-2,4,6-8,10H2,(H,17,21). The van der Waals surface area contributed by atoms with Gasteiger partial charge in [-0.3, -0.25) is 9.59 Å². The first-order valence-corrected chi connectivity index (χ1v) is 8.02. The van der Waals surface area contributed by atoms with Crippen molar-refractivity contribution in [1.29, 1.82) is 0 Å². The first-order valence-electron chi connectivity index (χ1n) is 8.02. The number of aromatic nitrogens is 2. The highest BCUT2D eigenvalue weighted by atomic mass is 16.2. The van der Waals surface area contributed by atoms with Crippen LogP contribution in [0.4, 0.5) is 0 Å². The summed E-state index contributed by atoms with van der Waals surface area (Å²) in [6.45, 7) is 2.25. The largest absolute Gasteiger partial charge is 0.356 e. The maximum atomic E-state index is 12.4. The molecule has 1 N–H and O–H groups in total. The Balaban J connectivity index is 1.35. The molecule has 3 aliphatic rings. The molecule has 22 heavy (non-hydrogen) atoms. The summed E-state index contributed by atoms with van der Waals surface area (Å²) in [7, 11) is 0. The highest BCUT2D eigenvalue weighted by molar-refractivity contribution is 5.94. The van der Waals surface area contributed by atoms with E-state index in [0.717, 1.165) is 25.9 Å². The Morgan fingerprint density at radius 3 is 2.95 bits per heavy atom. The molecule has 0 radical (unpaired) electrons. The van der Waals surface area contributed by atoms with Crippen molar-refractivity contribution in [3.8, 4) is 0 Å². The van der Waals surface area contributed by atoms with Gasteiger partial charge in [-0.25, -0.2) is 0 Å². The first-order chi connectivity index (χ1) is 10.7. The first kappa shape index (κ1) is 13.7. The number of rotatable bonds is 4. The molecule has 1 aromatic heterocycles. The zero-order valence-electron chi connectivity index (χ0n) is 12.5. The van der Waals surface area contributed by atoms with Crippen LogP contribution < -0.4 is 5.32 Å². The molecule has 2 saturated carbocycles. The monoisotopic (exact) mass is 300 g/mol. The highest BCUT2D eigenvalue weighted by Gasteiger charge is 2.61. The summed E-state index contributed by atoms with van der Waals surface area (Å²) in [6.07, 6.45) is 7.38. The average Bonchev–Trinajstić information content (AvgIpc) is 3.44. The molecular formula is C16H20N4O2. The van der Waals surface area contributed by atoms with Gasteiger partial charge in [0.2, 0.25) is 5.91 Å². The second kappa shape index (κ2) is 5.04. The summed E-state index contributed by atoms with van der Waals surface area (Å²) >= 11 is 0. The third kappa shape index (κ3) is 2.46. The van der Waals surface area contributed by atoms with E-state index >= 15 is 0 Å². The van der Waals surface area contributed by atoms with Crippen LogP contribution in [0.15, 0.2) is 18.5 Å². The highest BCUT2D eigenvalue weighted by Crippen LogP contribution is 2.58. The Bertz CT molecular complexity index is 601. The van der Waals surface area contributed by atoms with Crippen LogP contribution in [0, 0.1) is 17.3 Å². The molecule has 2 heterocycles. The quantitative estimate of drug-likeness (QED) is 0.894. The number of hydrogen-bond acceptors (Lipinski definition) is 4. The lowest BCUT2D eigenvalue weighted by Crippen LogP contribution is -2.32. The van der Waals surface area contributed by atoms with Crippen molar-refractivity contribution in [2.45, 2.75) is 25.7 Å². The summed E-state index contributed by atoms with van der Waals surface area (Å²) in [5.41, 5.74) is 0.603. The summed E-state index contributed by atoms with van der Waals surface area (Å²) in [6, 6.07) is 1.69. The van der Waals surface area contributed by atoms with E-state index in [0.29, 0.717) is 18.0 Å². The molecule has 6 heteroatoms. The lowest BCUT2D eigenvalue weighted by molar-refractivity contribution is -0.123. The van der Waals surface area contributed by atoms with Crippen LogP contribution in [0.2, 0.25) is 0 Å². The van der Waals surface area contributed by atoms with Crippen LogP contribution in [-0.2, 0) is 4.79 Å². The molecule has 116 valence electrons. The normalized spacial score (nSPS) is 29.6. The number of carbonyl (C=O) groups is 2. The molecule has 2 unspecified atom stereocenters. The van der Waals surface area contributed by atoms with Gasteiger partial charge >= 0.3 is 0 Å². The van der Waals surface area contributed by atoms with Crippen molar-refractivity contribution in [1.82, 2.24) is 20.4 Å². The number of hydrogen-bond donors (Lipinski definition) is 1. The predicted octanol–water partition coefficient (Wildman–Crippen LogP) is 0.855. The van der Waals surface area contributed by atoms with Crippen molar-refractivity contribution in [2.24, 2.45) is 17.3 Å². The molecule has 3 fully saturated rings. The fourth-order valence-corrected chi connectivity index (χ4v) is 3.53. The molecular weight excluding hydrogens is 280 g/mol. The third-order valence-electron chi connectivity index (χ3n) is 5.27. The van der Waals surface area contributed by atoms with E-state index in [1.165, 1.54) is 25.2 Å². The van der Waals surface area contributed by atoms with E-state index in [2.05, 4.69) is 15.5 Å². The van der Waals surface area contributed by atoms with E-state index in [9.17, 15) is 9.59 Å². The summed E-state index contributed by atoms with van der Waals surface area (Å²) in [5.74, 6) is 0.988. The zero-order valence-corrected chi connectivity index (χ0v) is 12.5. The van der Waals surface area contributed by atoms with Gasteiger partial charge in [0.05, 0.1) is 18.0 Å². The van der Waals surface area contributed by atoms with Crippen molar-refractivity contribution >= 4 is 11.8 Å². The molecule has 4 rings (SSSR count). The van der Waals surface area contributed by atoms with Gasteiger partial charge in [-0.1, -0.05) is 0 Å². The zero-order chi connectivity index (χ0) is 15.2. The second-order valence-corrected chi connectivity index (χ2v) is 6.92. The minimum Gasteiger partial charge on any atom is -0.356 e. The topological polar surface area (TPSA) is 75.2 Å². The fourth-order valence-electron chi connectivity index (χ4n) is 3.53. The molecule has 2 aliphatic carbocycles. The van der Waals surface area contributed by atoms with Crippen LogP contribution in [0.1, 0.15) is 36.0 Å². The van der Waals surface area contributed by atoms with E-state index in [4.69, 9.17) is 0 Å². The molecule has 0 aromatic carbocycles. The summed E-state index contributed by atoms with van der Waals surface area (Å²) in [4.78, 5) is 26.5. The van der Waals surface area contributed by atoms with Crippen molar-refractivity contribution < 1.29 is 9.59 Å². The van der Waals surface area contributed by atoms with Crippen molar-refractivity contribution in [2.75, 3.05) is 19.6 Å². The smallest absolute Gasteiger partial charge is 0.255 e. The van der Waals surface area contributed by atoms with Crippen LogP contribution in [0.3, 0.4) is 0 Å².